The number of carbonyl (C=O) groups excluding carboxylic acids is 1. The SMILES string of the molecule is O=C(C1CCCN(Cn2nc(-c3cccnc3)n(C3CC3)c2=S)C1)N1CCOCC1. The van der Waals surface area contributed by atoms with Gasteiger partial charge in [-0.05, 0) is 56.6 Å². The Kier molecular flexibility index (Phi) is 5.66. The molecule has 4 heterocycles. The Labute approximate surface area is 181 Å². The third kappa shape index (κ3) is 4.06. The molecule has 30 heavy (non-hydrogen) atoms. The van der Waals surface area contributed by atoms with Gasteiger partial charge in [-0.3, -0.25) is 19.2 Å². The molecular formula is C21H28N6O2S. The van der Waals surface area contributed by atoms with E-state index in [-0.39, 0.29) is 11.8 Å². The number of aromatic nitrogens is 4. The van der Waals surface area contributed by atoms with E-state index in [0.29, 0.717) is 39.0 Å². The number of pyridine rings is 1. The maximum absolute atomic E-state index is 12.9. The average Bonchev–Trinajstić information content (AvgIpc) is 3.59. The highest BCUT2D eigenvalue weighted by Gasteiger charge is 2.32. The Balaban J connectivity index is 1.33. The lowest BCUT2D eigenvalue weighted by Crippen LogP contribution is -2.48. The Bertz CT molecular complexity index is 948. The summed E-state index contributed by atoms with van der Waals surface area (Å²) in [4.78, 5) is 21.5. The van der Waals surface area contributed by atoms with E-state index in [4.69, 9.17) is 22.1 Å². The zero-order valence-corrected chi connectivity index (χ0v) is 18.0. The topological polar surface area (TPSA) is 68.4 Å². The minimum atomic E-state index is 0.0503. The molecule has 160 valence electrons. The first-order chi connectivity index (χ1) is 14.7. The molecule has 2 aromatic rings. The fourth-order valence-corrected chi connectivity index (χ4v) is 4.82. The lowest BCUT2D eigenvalue weighted by molar-refractivity contribution is -0.141. The molecule has 3 aliphatic rings. The van der Waals surface area contributed by atoms with Gasteiger partial charge >= 0.3 is 0 Å². The molecule has 1 amide bonds. The van der Waals surface area contributed by atoms with Crippen LogP contribution in [0.15, 0.2) is 24.5 Å². The molecule has 0 radical (unpaired) electrons. The molecule has 8 nitrogen and oxygen atoms in total. The molecule has 0 spiro atoms. The summed E-state index contributed by atoms with van der Waals surface area (Å²) in [5.74, 6) is 1.22. The first-order valence-corrected chi connectivity index (χ1v) is 11.3. The van der Waals surface area contributed by atoms with E-state index in [1.54, 1.807) is 6.20 Å². The van der Waals surface area contributed by atoms with Gasteiger partial charge in [0.2, 0.25) is 5.91 Å². The van der Waals surface area contributed by atoms with Gasteiger partial charge in [-0.2, -0.15) is 5.10 Å². The van der Waals surface area contributed by atoms with Gasteiger partial charge in [0.15, 0.2) is 10.6 Å². The van der Waals surface area contributed by atoms with Gasteiger partial charge in [0.25, 0.3) is 0 Å². The number of amides is 1. The fourth-order valence-electron chi connectivity index (χ4n) is 4.48. The highest BCUT2D eigenvalue weighted by molar-refractivity contribution is 7.71. The highest BCUT2D eigenvalue weighted by atomic mass is 32.1. The standard InChI is InChI=1S/C21H28N6O2S/c28-20(25-9-11-29-12-10-25)17-4-2-8-24(14-17)15-26-21(30)27(18-5-6-18)19(23-26)16-3-1-7-22-13-16/h1,3,7,13,17-18H,2,4-6,8-12,14-15H2. The van der Waals surface area contributed by atoms with Crippen LogP contribution in [0.25, 0.3) is 11.4 Å². The van der Waals surface area contributed by atoms with Crippen molar-refractivity contribution in [3.05, 3.63) is 29.3 Å². The minimum Gasteiger partial charge on any atom is -0.378 e. The van der Waals surface area contributed by atoms with Crippen LogP contribution in [0.4, 0.5) is 0 Å². The van der Waals surface area contributed by atoms with Crippen molar-refractivity contribution >= 4 is 18.1 Å². The van der Waals surface area contributed by atoms with E-state index in [9.17, 15) is 4.79 Å². The van der Waals surface area contributed by atoms with Crippen molar-refractivity contribution in [2.45, 2.75) is 38.4 Å². The summed E-state index contributed by atoms with van der Waals surface area (Å²) in [5, 5.41) is 4.88. The molecule has 0 bridgehead atoms. The first-order valence-electron chi connectivity index (χ1n) is 10.9. The molecule has 1 saturated carbocycles. The van der Waals surface area contributed by atoms with E-state index in [0.717, 1.165) is 54.9 Å². The molecule has 1 atom stereocenters. The third-order valence-corrected chi connectivity index (χ3v) is 6.62. The molecule has 1 aliphatic carbocycles. The van der Waals surface area contributed by atoms with Crippen LogP contribution in [0, 0.1) is 10.7 Å². The van der Waals surface area contributed by atoms with Crippen LogP contribution in [0.3, 0.4) is 0 Å². The summed E-state index contributed by atoms with van der Waals surface area (Å²) in [5.41, 5.74) is 0.994. The monoisotopic (exact) mass is 428 g/mol. The van der Waals surface area contributed by atoms with Crippen molar-refractivity contribution in [1.29, 1.82) is 0 Å². The maximum atomic E-state index is 12.9. The normalized spacial score (nSPS) is 22.9. The number of morpholine rings is 1. The van der Waals surface area contributed by atoms with Crippen LogP contribution in [0.5, 0.6) is 0 Å². The summed E-state index contributed by atoms with van der Waals surface area (Å²) in [7, 11) is 0. The number of piperidine rings is 1. The molecule has 0 N–H and O–H groups in total. The Morgan fingerprint density at radius 3 is 2.77 bits per heavy atom. The number of rotatable bonds is 5. The van der Waals surface area contributed by atoms with Gasteiger partial charge in [-0.1, -0.05) is 0 Å². The van der Waals surface area contributed by atoms with Crippen LogP contribution in [0.2, 0.25) is 0 Å². The predicted molar refractivity (Wildman–Crippen MR) is 114 cm³/mol. The van der Waals surface area contributed by atoms with Crippen LogP contribution in [-0.4, -0.2) is 74.4 Å². The lowest BCUT2D eigenvalue weighted by atomic mass is 9.96. The number of likely N-dealkylation sites (tertiary alicyclic amines) is 1. The Hall–Kier alpha value is -2.10. The molecule has 2 aliphatic heterocycles. The van der Waals surface area contributed by atoms with Crippen molar-refractivity contribution in [3.63, 3.8) is 0 Å². The molecule has 9 heteroatoms. The number of carbonyl (C=O) groups is 1. The second-order valence-corrected chi connectivity index (χ2v) is 8.81. The second kappa shape index (κ2) is 8.56. The second-order valence-electron chi connectivity index (χ2n) is 8.44. The maximum Gasteiger partial charge on any atom is 0.227 e. The zero-order chi connectivity index (χ0) is 20.5. The number of ether oxygens (including phenoxy) is 1. The summed E-state index contributed by atoms with van der Waals surface area (Å²) < 4.78 is 10.3. The molecular weight excluding hydrogens is 400 g/mol. The number of nitrogens with zero attached hydrogens (tertiary/aromatic N) is 6. The first kappa shape index (κ1) is 19.8. The summed E-state index contributed by atoms with van der Waals surface area (Å²) in [6.07, 6.45) is 7.89. The molecule has 2 aromatic heterocycles. The summed E-state index contributed by atoms with van der Waals surface area (Å²) >= 11 is 5.81. The van der Waals surface area contributed by atoms with E-state index in [2.05, 4.69) is 14.5 Å². The quantitative estimate of drug-likeness (QED) is 0.681. The fraction of sp³-hybridized carbons (Fsp3) is 0.619. The molecule has 3 fully saturated rings. The van der Waals surface area contributed by atoms with E-state index < -0.39 is 0 Å². The Morgan fingerprint density at radius 1 is 1.20 bits per heavy atom. The van der Waals surface area contributed by atoms with Crippen molar-refractivity contribution in [2.75, 3.05) is 39.4 Å². The average molecular weight is 429 g/mol. The number of hydrogen-bond donors (Lipinski definition) is 0. The summed E-state index contributed by atoms with van der Waals surface area (Å²) in [6, 6.07) is 4.41. The van der Waals surface area contributed by atoms with Crippen LogP contribution < -0.4 is 0 Å². The highest BCUT2D eigenvalue weighted by Crippen LogP contribution is 2.38. The summed E-state index contributed by atoms with van der Waals surface area (Å²) in [6.45, 7) is 5.06. The lowest BCUT2D eigenvalue weighted by Gasteiger charge is -2.36. The van der Waals surface area contributed by atoms with Crippen LogP contribution in [0.1, 0.15) is 31.7 Å². The van der Waals surface area contributed by atoms with Crippen LogP contribution >= 0.6 is 12.2 Å². The van der Waals surface area contributed by atoms with E-state index >= 15 is 0 Å². The third-order valence-electron chi connectivity index (χ3n) is 6.21. The molecule has 0 aromatic carbocycles. The van der Waals surface area contributed by atoms with Gasteiger partial charge in [-0.25, -0.2) is 4.68 Å². The van der Waals surface area contributed by atoms with Gasteiger partial charge in [0, 0.05) is 43.6 Å². The van der Waals surface area contributed by atoms with Crippen molar-refractivity contribution in [3.8, 4) is 11.4 Å². The molecule has 1 unspecified atom stereocenters. The smallest absolute Gasteiger partial charge is 0.227 e. The van der Waals surface area contributed by atoms with E-state index in [1.165, 1.54) is 0 Å². The van der Waals surface area contributed by atoms with Crippen LogP contribution in [-0.2, 0) is 16.2 Å². The van der Waals surface area contributed by atoms with Crippen molar-refractivity contribution in [1.82, 2.24) is 29.1 Å². The largest absolute Gasteiger partial charge is 0.378 e. The van der Waals surface area contributed by atoms with Crippen molar-refractivity contribution < 1.29 is 9.53 Å². The van der Waals surface area contributed by atoms with E-state index in [1.807, 2.05) is 27.9 Å². The van der Waals surface area contributed by atoms with Crippen molar-refractivity contribution in [2.24, 2.45) is 5.92 Å². The van der Waals surface area contributed by atoms with Gasteiger partial charge in [-0.15, -0.1) is 0 Å². The molecule has 5 rings (SSSR count). The predicted octanol–water partition coefficient (Wildman–Crippen LogP) is 2.34. The van der Waals surface area contributed by atoms with Gasteiger partial charge < -0.3 is 9.64 Å². The zero-order valence-electron chi connectivity index (χ0n) is 17.2. The van der Waals surface area contributed by atoms with Gasteiger partial charge in [0.1, 0.15) is 0 Å². The number of hydrogen-bond acceptors (Lipinski definition) is 6. The Morgan fingerprint density at radius 2 is 2.03 bits per heavy atom. The minimum absolute atomic E-state index is 0.0503. The molecule has 2 saturated heterocycles. The van der Waals surface area contributed by atoms with Gasteiger partial charge in [0.05, 0.1) is 25.8 Å².